The fraction of sp³-hybridized carbons (Fsp3) is 0.467. The van der Waals surface area contributed by atoms with E-state index in [2.05, 4.69) is 10.6 Å². The van der Waals surface area contributed by atoms with Crippen LogP contribution in [0.15, 0.2) is 24.3 Å². The van der Waals surface area contributed by atoms with E-state index >= 15 is 0 Å². The summed E-state index contributed by atoms with van der Waals surface area (Å²) in [6.45, 7) is 1.25. The Kier molecular flexibility index (Phi) is 5.27. The summed E-state index contributed by atoms with van der Waals surface area (Å²) in [6.07, 6.45) is 0.577. The number of rotatable bonds is 7. The van der Waals surface area contributed by atoms with Crippen LogP contribution < -0.4 is 10.6 Å². The van der Waals surface area contributed by atoms with Gasteiger partial charge in [0.25, 0.3) is 0 Å². The molecule has 0 aromatic heterocycles. The van der Waals surface area contributed by atoms with Crippen LogP contribution >= 0.6 is 0 Å². The molecule has 2 amide bonds. The summed E-state index contributed by atoms with van der Waals surface area (Å²) in [5, 5.41) is 5.49. The Morgan fingerprint density at radius 1 is 1.19 bits per heavy atom. The average Bonchev–Trinajstić information content (AvgIpc) is 3.27. The van der Waals surface area contributed by atoms with E-state index in [1.54, 1.807) is 19.2 Å². The summed E-state index contributed by atoms with van der Waals surface area (Å²) in [6, 6.07) is 5.95. The van der Waals surface area contributed by atoms with Gasteiger partial charge >= 0.3 is 0 Å². The lowest BCUT2D eigenvalue weighted by Crippen LogP contribution is -2.31. The molecule has 0 saturated heterocycles. The normalized spacial score (nSPS) is 19.9. The van der Waals surface area contributed by atoms with E-state index in [0.717, 1.165) is 5.56 Å². The zero-order valence-corrected chi connectivity index (χ0v) is 11.9. The van der Waals surface area contributed by atoms with Gasteiger partial charge in [-0.05, 0) is 24.1 Å². The lowest BCUT2D eigenvalue weighted by atomic mass is 10.2. The van der Waals surface area contributed by atoms with Crippen LogP contribution in [0.2, 0.25) is 0 Å². The molecular weight excluding hydrogens is 275 g/mol. The van der Waals surface area contributed by atoms with Gasteiger partial charge in [0, 0.05) is 20.2 Å². The van der Waals surface area contributed by atoms with Crippen LogP contribution in [0.3, 0.4) is 0 Å². The summed E-state index contributed by atoms with van der Waals surface area (Å²) in [5.74, 6) is -1.04. The van der Waals surface area contributed by atoms with E-state index in [-0.39, 0.29) is 29.5 Å². The molecule has 2 N–H and O–H groups in total. The average molecular weight is 294 g/mol. The number of methoxy groups -OCH3 is 1. The third-order valence-electron chi connectivity index (χ3n) is 3.45. The molecule has 2 atom stereocenters. The highest BCUT2D eigenvalue weighted by atomic mass is 19.1. The van der Waals surface area contributed by atoms with E-state index in [4.69, 9.17) is 4.74 Å². The predicted molar refractivity (Wildman–Crippen MR) is 74.7 cm³/mol. The van der Waals surface area contributed by atoms with Crippen LogP contribution in [0.5, 0.6) is 0 Å². The van der Waals surface area contributed by atoms with Gasteiger partial charge in [-0.25, -0.2) is 4.39 Å². The van der Waals surface area contributed by atoms with Crippen molar-refractivity contribution < 1.29 is 18.7 Å². The molecule has 0 radical (unpaired) electrons. The fourth-order valence-corrected chi connectivity index (χ4v) is 2.10. The van der Waals surface area contributed by atoms with E-state index < -0.39 is 0 Å². The van der Waals surface area contributed by atoms with Crippen molar-refractivity contribution in [1.82, 2.24) is 10.6 Å². The number of carbonyl (C=O) groups is 2. The van der Waals surface area contributed by atoms with Gasteiger partial charge in [0.2, 0.25) is 11.8 Å². The third-order valence-corrected chi connectivity index (χ3v) is 3.45. The maximum atomic E-state index is 12.8. The summed E-state index contributed by atoms with van der Waals surface area (Å²) in [5.41, 5.74) is 0.825. The quantitative estimate of drug-likeness (QED) is 0.732. The second-order valence-corrected chi connectivity index (χ2v) is 5.08. The molecule has 5 nitrogen and oxygen atoms in total. The number of halogens is 1. The SMILES string of the molecule is COCCNC(=O)C1CC1C(=O)NCc1ccc(F)cc1. The van der Waals surface area contributed by atoms with Gasteiger partial charge in [-0.2, -0.15) is 0 Å². The monoisotopic (exact) mass is 294 g/mol. The third kappa shape index (κ3) is 4.53. The zero-order valence-electron chi connectivity index (χ0n) is 11.9. The molecule has 1 aliphatic rings. The van der Waals surface area contributed by atoms with Gasteiger partial charge < -0.3 is 15.4 Å². The van der Waals surface area contributed by atoms with Crippen molar-refractivity contribution in [2.45, 2.75) is 13.0 Å². The zero-order chi connectivity index (χ0) is 15.2. The summed E-state index contributed by atoms with van der Waals surface area (Å²) in [4.78, 5) is 23.6. The molecule has 1 fully saturated rings. The Hall–Kier alpha value is -1.95. The highest BCUT2D eigenvalue weighted by Crippen LogP contribution is 2.38. The molecule has 1 aromatic rings. The van der Waals surface area contributed by atoms with Crippen LogP contribution in [0.25, 0.3) is 0 Å². The van der Waals surface area contributed by atoms with Crippen molar-refractivity contribution in [3.63, 3.8) is 0 Å². The molecular formula is C15H19FN2O3. The Balaban J connectivity index is 1.70. The molecule has 2 rings (SSSR count). The first-order valence-corrected chi connectivity index (χ1v) is 6.90. The minimum Gasteiger partial charge on any atom is -0.383 e. The Labute approximate surface area is 122 Å². The molecule has 2 unspecified atom stereocenters. The van der Waals surface area contributed by atoms with Crippen LogP contribution in [-0.4, -0.2) is 32.1 Å². The summed E-state index contributed by atoms with van der Waals surface area (Å²) < 4.78 is 17.6. The molecule has 0 aliphatic heterocycles. The molecule has 1 saturated carbocycles. The highest BCUT2D eigenvalue weighted by Gasteiger charge is 2.47. The molecule has 1 aromatic carbocycles. The number of ether oxygens (including phenoxy) is 1. The van der Waals surface area contributed by atoms with E-state index in [1.165, 1.54) is 12.1 Å². The number of nitrogens with one attached hydrogen (secondary N) is 2. The number of hydrogen-bond donors (Lipinski definition) is 2. The topological polar surface area (TPSA) is 67.4 Å². The second-order valence-electron chi connectivity index (χ2n) is 5.08. The van der Waals surface area contributed by atoms with E-state index in [1.807, 2.05) is 0 Å². The Morgan fingerprint density at radius 3 is 2.43 bits per heavy atom. The van der Waals surface area contributed by atoms with E-state index in [0.29, 0.717) is 26.1 Å². The smallest absolute Gasteiger partial charge is 0.224 e. The first-order valence-electron chi connectivity index (χ1n) is 6.90. The van der Waals surface area contributed by atoms with Crippen LogP contribution in [-0.2, 0) is 20.9 Å². The summed E-state index contributed by atoms with van der Waals surface area (Å²) in [7, 11) is 1.56. The summed E-state index contributed by atoms with van der Waals surface area (Å²) >= 11 is 0. The number of carbonyl (C=O) groups excluding carboxylic acids is 2. The van der Waals surface area contributed by atoms with E-state index in [9.17, 15) is 14.0 Å². The lowest BCUT2D eigenvalue weighted by molar-refractivity contribution is -0.127. The number of amides is 2. The fourth-order valence-electron chi connectivity index (χ4n) is 2.10. The van der Waals surface area contributed by atoms with Crippen LogP contribution in [0.1, 0.15) is 12.0 Å². The van der Waals surface area contributed by atoms with Gasteiger partial charge in [-0.15, -0.1) is 0 Å². The van der Waals surface area contributed by atoms with Crippen molar-refractivity contribution in [3.05, 3.63) is 35.6 Å². The van der Waals surface area contributed by atoms with Crippen LogP contribution in [0, 0.1) is 17.7 Å². The van der Waals surface area contributed by atoms with Gasteiger partial charge in [-0.1, -0.05) is 12.1 Å². The first-order chi connectivity index (χ1) is 10.1. The molecule has 1 aliphatic carbocycles. The van der Waals surface area contributed by atoms with Crippen molar-refractivity contribution in [2.24, 2.45) is 11.8 Å². The Bertz CT molecular complexity index is 504. The molecule has 6 heteroatoms. The van der Waals surface area contributed by atoms with Crippen molar-refractivity contribution >= 4 is 11.8 Å². The minimum atomic E-state index is -0.305. The molecule has 0 heterocycles. The lowest BCUT2D eigenvalue weighted by Gasteiger charge is -2.06. The first kappa shape index (κ1) is 15.4. The number of hydrogen-bond acceptors (Lipinski definition) is 3. The maximum absolute atomic E-state index is 12.8. The van der Waals surface area contributed by atoms with Crippen LogP contribution in [0.4, 0.5) is 4.39 Å². The van der Waals surface area contributed by atoms with Crippen molar-refractivity contribution in [1.29, 1.82) is 0 Å². The van der Waals surface area contributed by atoms with Gasteiger partial charge in [0.1, 0.15) is 5.82 Å². The minimum absolute atomic E-state index is 0.103. The van der Waals surface area contributed by atoms with Gasteiger partial charge in [-0.3, -0.25) is 9.59 Å². The molecule has 0 bridgehead atoms. The Morgan fingerprint density at radius 2 is 1.81 bits per heavy atom. The molecule has 0 spiro atoms. The molecule has 21 heavy (non-hydrogen) atoms. The predicted octanol–water partition coefficient (Wildman–Crippen LogP) is 0.841. The standard InChI is InChI=1S/C15H19FN2O3/c1-21-7-6-17-14(19)12-8-13(12)15(20)18-9-10-2-4-11(16)5-3-10/h2-5,12-13H,6-9H2,1H3,(H,17,19)(H,18,20). The number of benzene rings is 1. The molecule has 114 valence electrons. The van der Waals surface area contributed by atoms with Crippen molar-refractivity contribution in [2.75, 3.05) is 20.3 Å². The largest absolute Gasteiger partial charge is 0.383 e. The van der Waals surface area contributed by atoms with Gasteiger partial charge in [0.05, 0.1) is 18.4 Å². The van der Waals surface area contributed by atoms with Gasteiger partial charge in [0.15, 0.2) is 0 Å². The van der Waals surface area contributed by atoms with Crippen molar-refractivity contribution in [3.8, 4) is 0 Å². The maximum Gasteiger partial charge on any atom is 0.224 e. The highest BCUT2D eigenvalue weighted by molar-refractivity contribution is 5.92. The second kappa shape index (κ2) is 7.17.